The molecule has 1 heterocycles. The molecule has 116 valence electrons. The standard InChI is InChI=1S/C15H23N3O2S/c1-4-20-11-8-15(16,14(11,2)3)12(19)18-13-17-9-6-5-7-10(9)21-13/h11H,4-8,16H2,1-3H3,(H,17,18,19). The monoisotopic (exact) mass is 309 g/mol. The first kappa shape index (κ1) is 14.9. The summed E-state index contributed by atoms with van der Waals surface area (Å²) >= 11 is 1.58. The molecule has 0 bridgehead atoms. The van der Waals surface area contributed by atoms with Gasteiger partial charge in [-0.3, -0.25) is 4.79 Å². The van der Waals surface area contributed by atoms with Crippen LogP contribution < -0.4 is 11.1 Å². The fourth-order valence-electron chi connectivity index (χ4n) is 3.27. The lowest BCUT2D eigenvalue weighted by Crippen LogP contribution is -2.74. The molecule has 0 aliphatic heterocycles. The summed E-state index contributed by atoms with van der Waals surface area (Å²) in [7, 11) is 0. The highest BCUT2D eigenvalue weighted by Gasteiger charge is 2.63. The van der Waals surface area contributed by atoms with Crippen molar-refractivity contribution in [2.45, 2.75) is 58.1 Å². The fraction of sp³-hybridized carbons (Fsp3) is 0.733. The maximum atomic E-state index is 12.6. The molecule has 1 fully saturated rings. The van der Waals surface area contributed by atoms with Crippen LogP contribution in [0.1, 0.15) is 44.2 Å². The van der Waals surface area contributed by atoms with E-state index in [0.29, 0.717) is 18.2 Å². The van der Waals surface area contributed by atoms with Gasteiger partial charge in [0.05, 0.1) is 11.8 Å². The second-order valence-corrected chi connectivity index (χ2v) is 7.62. The number of hydrogen-bond acceptors (Lipinski definition) is 5. The van der Waals surface area contributed by atoms with E-state index in [0.717, 1.165) is 18.5 Å². The first-order chi connectivity index (χ1) is 9.88. The maximum absolute atomic E-state index is 12.6. The molecule has 2 aliphatic carbocycles. The first-order valence-corrected chi connectivity index (χ1v) is 8.40. The van der Waals surface area contributed by atoms with Crippen LogP contribution in [0.4, 0.5) is 5.13 Å². The van der Waals surface area contributed by atoms with E-state index in [9.17, 15) is 4.79 Å². The van der Waals surface area contributed by atoms with Crippen LogP contribution >= 0.6 is 11.3 Å². The largest absolute Gasteiger partial charge is 0.378 e. The van der Waals surface area contributed by atoms with Crippen molar-refractivity contribution in [1.29, 1.82) is 0 Å². The Bertz CT molecular complexity index is 548. The lowest BCUT2D eigenvalue weighted by atomic mass is 9.54. The van der Waals surface area contributed by atoms with Gasteiger partial charge in [-0.2, -0.15) is 0 Å². The summed E-state index contributed by atoms with van der Waals surface area (Å²) < 4.78 is 5.67. The molecule has 2 aliphatic rings. The molecule has 1 aromatic heterocycles. The Morgan fingerprint density at radius 2 is 2.29 bits per heavy atom. The highest BCUT2D eigenvalue weighted by molar-refractivity contribution is 7.15. The Morgan fingerprint density at radius 3 is 2.90 bits per heavy atom. The van der Waals surface area contributed by atoms with Crippen LogP contribution in [0.5, 0.6) is 0 Å². The van der Waals surface area contributed by atoms with Gasteiger partial charge in [-0.1, -0.05) is 13.8 Å². The number of amides is 1. The van der Waals surface area contributed by atoms with Crippen LogP contribution in [-0.2, 0) is 22.4 Å². The second-order valence-electron chi connectivity index (χ2n) is 6.54. The fourth-order valence-corrected chi connectivity index (χ4v) is 4.32. The zero-order chi connectivity index (χ0) is 15.3. The lowest BCUT2D eigenvalue weighted by Gasteiger charge is -2.57. The van der Waals surface area contributed by atoms with Gasteiger partial charge >= 0.3 is 0 Å². The van der Waals surface area contributed by atoms with Crippen molar-refractivity contribution in [2.24, 2.45) is 11.1 Å². The summed E-state index contributed by atoms with van der Waals surface area (Å²) in [5.41, 5.74) is 6.26. The minimum atomic E-state index is -0.886. The smallest absolute Gasteiger partial charge is 0.246 e. The number of carbonyl (C=O) groups excluding carboxylic acids is 1. The van der Waals surface area contributed by atoms with Crippen molar-refractivity contribution in [1.82, 2.24) is 4.98 Å². The minimum absolute atomic E-state index is 0.0413. The van der Waals surface area contributed by atoms with Crippen LogP contribution in [-0.4, -0.2) is 29.1 Å². The van der Waals surface area contributed by atoms with E-state index in [2.05, 4.69) is 10.3 Å². The topological polar surface area (TPSA) is 77.2 Å². The third kappa shape index (κ3) is 2.20. The van der Waals surface area contributed by atoms with Crippen LogP contribution in [0.3, 0.4) is 0 Å². The number of nitrogens with zero attached hydrogens (tertiary/aromatic N) is 1. The number of thiazole rings is 1. The van der Waals surface area contributed by atoms with Gasteiger partial charge in [0.25, 0.3) is 0 Å². The molecule has 1 amide bonds. The predicted octanol–water partition coefficient (Wildman–Crippen LogP) is 2.10. The van der Waals surface area contributed by atoms with Gasteiger partial charge < -0.3 is 15.8 Å². The number of aromatic nitrogens is 1. The molecule has 2 atom stereocenters. The zero-order valence-electron chi connectivity index (χ0n) is 12.9. The molecule has 2 unspecified atom stereocenters. The number of aryl methyl sites for hydroxylation is 2. The number of anilines is 1. The molecule has 5 nitrogen and oxygen atoms in total. The molecule has 0 aromatic carbocycles. The summed E-state index contributed by atoms with van der Waals surface area (Å²) in [6.07, 6.45) is 3.87. The highest BCUT2D eigenvalue weighted by atomic mass is 32.1. The molecule has 3 N–H and O–H groups in total. The normalized spacial score (nSPS) is 29.8. The van der Waals surface area contributed by atoms with E-state index in [1.807, 2.05) is 20.8 Å². The van der Waals surface area contributed by atoms with E-state index in [1.54, 1.807) is 11.3 Å². The Kier molecular flexibility index (Phi) is 3.58. The summed E-state index contributed by atoms with van der Waals surface area (Å²) in [5, 5.41) is 3.61. The summed E-state index contributed by atoms with van der Waals surface area (Å²) in [6, 6.07) is 0. The Balaban J connectivity index is 1.70. The highest BCUT2D eigenvalue weighted by Crippen LogP contribution is 2.50. The average molecular weight is 309 g/mol. The van der Waals surface area contributed by atoms with Crippen molar-refractivity contribution in [3.05, 3.63) is 10.6 Å². The van der Waals surface area contributed by atoms with Crippen molar-refractivity contribution >= 4 is 22.4 Å². The molecule has 3 rings (SSSR count). The Labute approximate surface area is 129 Å². The molecule has 6 heteroatoms. The van der Waals surface area contributed by atoms with Gasteiger partial charge in [0.1, 0.15) is 5.54 Å². The summed E-state index contributed by atoms with van der Waals surface area (Å²) in [4.78, 5) is 18.4. The average Bonchev–Trinajstić information content (AvgIpc) is 2.99. The first-order valence-electron chi connectivity index (χ1n) is 7.59. The zero-order valence-corrected chi connectivity index (χ0v) is 13.7. The van der Waals surface area contributed by atoms with Gasteiger partial charge in [-0.15, -0.1) is 11.3 Å². The van der Waals surface area contributed by atoms with Crippen molar-refractivity contribution in [3.63, 3.8) is 0 Å². The lowest BCUT2D eigenvalue weighted by molar-refractivity contribution is -0.166. The third-order valence-electron chi connectivity index (χ3n) is 5.05. The van der Waals surface area contributed by atoms with E-state index in [4.69, 9.17) is 10.5 Å². The molecule has 1 saturated carbocycles. The Hall–Kier alpha value is -0.980. The van der Waals surface area contributed by atoms with Gasteiger partial charge in [-0.25, -0.2) is 4.98 Å². The van der Waals surface area contributed by atoms with E-state index in [-0.39, 0.29) is 17.4 Å². The number of carbonyl (C=O) groups is 1. The summed E-state index contributed by atoms with van der Waals surface area (Å²) in [6.45, 7) is 6.60. The van der Waals surface area contributed by atoms with Crippen molar-refractivity contribution in [2.75, 3.05) is 11.9 Å². The van der Waals surface area contributed by atoms with Crippen LogP contribution in [0.2, 0.25) is 0 Å². The SMILES string of the molecule is CCOC1CC(N)(C(=O)Nc2nc3c(s2)CCC3)C1(C)C. The number of rotatable bonds is 4. The number of fused-ring (bicyclic) bond motifs is 1. The van der Waals surface area contributed by atoms with Crippen molar-refractivity contribution in [3.8, 4) is 0 Å². The second kappa shape index (κ2) is 5.04. The molecular formula is C15H23N3O2S. The van der Waals surface area contributed by atoms with E-state index in [1.165, 1.54) is 11.3 Å². The number of nitrogens with one attached hydrogen (secondary N) is 1. The third-order valence-corrected chi connectivity index (χ3v) is 6.12. The van der Waals surface area contributed by atoms with Crippen LogP contribution in [0.15, 0.2) is 0 Å². The molecular weight excluding hydrogens is 286 g/mol. The minimum Gasteiger partial charge on any atom is -0.378 e. The van der Waals surface area contributed by atoms with E-state index < -0.39 is 5.54 Å². The maximum Gasteiger partial charge on any atom is 0.246 e. The molecule has 0 saturated heterocycles. The van der Waals surface area contributed by atoms with Crippen LogP contribution in [0, 0.1) is 5.41 Å². The molecule has 0 spiro atoms. The van der Waals surface area contributed by atoms with Gasteiger partial charge in [0.15, 0.2) is 5.13 Å². The molecule has 1 aromatic rings. The molecule has 0 radical (unpaired) electrons. The van der Waals surface area contributed by atoms with E-state index >= 15 is 0 Å². The van der Waals surface area contributed by atoms with Gasteiger partial charge in [0, 0.05) is 23.3 Å². The van der Waals surface area contributed by atoms with Crippen LogP contribution in [0.25, 0.3) is 0 Å². The summed E-state index contributed by atoms with van der Waals surface area (Å²) in [5.74, 6) is -0.143. The quantitative estimate of drug-likeness (QED) is 0.893. The number of nitrogens with two attached hydrogens (primary N) is 1. The number of hydrogen-bond donors (Lipinski definition) is 2. The molecule has 21 heavy (non-hydrogen) atoms. The predicted molar refractivity (Wildman–Crippen MR) is 83.5 cm³/mol. The van der Waals surface area contributed by atoms with Crippen molar-refractivity contribution < 1.29 is 9.53 Å². The Morgan fingerprint density at radius 1 is 1.52 bits per heavy atom. The van der Waals surface area contributed by atoms with Gasteiger partial charge in [0.2, 0.25) is 5.91 Å². The number of ether oxygens (including phenoxy) is 1. The van der Waals surface area contributed by atoms with Gasteiger partial charge in [-0.05, 0) is 26.2 Å².